The van der Waals surface area contributed by atoms with Crippen LogP contribution in [-0.4, -0.2) is 0 Å². The molecule has 0 aliphatic rings. The Morgan fingerprint density at radius 2 is 0.815 bits per heavy atom. The number of phosphoric acid groups is 1. The van der Waals surface area contributed by atoms with Gasteiger partial charge in [0, 0.05) is 19.5 Å². The van der Waals surface area contributed by atoms with Crippen molar-refractivity contribution in [2.45, 2.75) is 20.8 Å². The molecule has 6 heteroatoms. The largest absolute Gasteiger partial charge is 0.647 e. The maximum Gasteiger partial charge on any atom is 0.647 e. The van der Waals surface area contributed by atoms with Crippen LogP contribution in [0.5, 0.6) is 17.2 Å². The zero-order valence-corrected chi connectivity index (χ0v) is 19.6. The standard InChI is InChI=1S/C21H21O4P.Zn/c1-16-10-4-7-13-19(16)23-26(22,24-20-14-8-5-11-17(20)2)25-21-15-9-6-12-18(21)3;/h4-15H,1-3H3;. The van der Waals surface area contributed by atoms with E-state index in [1.54, 1.807) is 18.2 Å². The Hall–Kier alpha value is -2.09. The molecule has 3 aromatic rings. The molecule has 0 aromatic heterocycles. The topological polar surface area (TPSA) is 44.8 Å². The molecule has 0 amide bonds. The van der Waals surface area contributed by atoms with Gasteiger partial charge in [-0.2, -0.15) is 4.57 Å². The van der Waals surface area contributed by atoms with E-state index in [2.05, 4.69) is 0 Å². The van der Waals surface area contributed by atoms with Gasteiger partial charge in [-0.15, -0.1) is 0 Å². The van der Waals surface area contributed by atoms with Crippen LogP contribution in [0.2, 0.25) is 0 Å². The molecule has 0 radical (unpaired) electrons. The van der Waals surface area contributed by atoms with Crippen molar-refractivity contribution in [2.75, 3.05) is 0 Å². The molecule has 27 heavy (non-hydrogen) atoms. The summed E-state index contributed by atoms with van der Waals surface area (Å²) in [5.74, 6) is 1.37. The van der Waals surface area contributed by atoms with Gasteiger partial charge in [-0.1, -0.05) is 54.6 Å². The molecule has 0 saturated carbocycles. The van der Waals surface area contributed by atoms with Gasteiger partial charge in [-0.3, -0.25) is 0 Å². The van der Waals surface area contributed by atoms with Gasteiger partial charge in [0.05, 0.1) is 0 Å². The SMILES string of the molecule is Cc1ccccc1OP(=O)(Oc1ccccc1C)Oc1ccccc1C.[Zn]. The van der Waals surface area contributed by atoms with Crippen LogP contribution in [0.1, 0.15) is 16.7 Å². The van der Waals surface area contributed by atoms with E-state index in [4.69, 9.17) is 13.6 Å². The molecule has 3 rings (SSSR count). The van der Waals surface area contributed by atoms with Crippen molar-refractivity contribution in [1.82, 2.24) is 0 Å². The van der Waals surface area contributed by atoms with Crippen molar-refractivity contribution >= 4 is 7.82 Å². The molecule has 0 heterocycles. The fourth-order valence-electron chi connectivity index (χ4n) is 2.39. The van der Waals surface area contributed by atoms with E-state index in [0.29, 0.717) is 17.2 Å². The molecule has 0 spiro atoms. The van der Waals surface area contributed by atoms with Crippen molar-refractivity contribution < 1.29 is 37.6 Å². The second kappa shape index (κ2) is 9.21. The molecule has 136 valence electrons. The van der Waals surface area contributed by atoms with Crippen molar-refractivity contribution in [2.24, 2.45) is 0 Å². The molecular formula is C21H21O4PZn. The van der Waals surface area contributed by atoms with Crippen LogP contribution in [0.3, 0.4) is 0 Å². The van der Waals surface area contributed by atoms with Crippen LogP contribution in [-0.2, 0) is 24.0 Å². The molecule has 0 saturated heterocycles. The zero-order chi connectivity index (χ0) is 18.6. The Kier molecular flexibility index (Phi) is 7.24. The summed E-state index contributed by atoms with van der Waals surface area (Å²) in [6.07, 6.45) is 0. The van der Waals surface area contributed by atoms with Gasteiger partial charge in [0.15, 0.2) is 0 Å². The summed E-state index contributed by atoms with van der Waals surface area (Å²) in [4.78, 5) is 0. The second-order valence-corrected chi connectivity index (χ2v) is 7.46. The first-order valence-electron chi connectivity index (χ1n) is 8.32. The van der Waals surface area contributed by atoms with Crippen LogP contribution in [0, 0.1) is 20.8 Å². The normalized spacial score (nSPS) is 10.6. The van der Waals surface area contributed by atoms with E-state index >= 15 is 0 Å². The number of hydrogen-bond donors (Lipinski definition) is 0. The first kappa shape index (κ1) is 21.2. The number of benzene rings is 3. The van der Waals surface area contributed by atoms with Gasteiger partial charge in [0.1, 0.15) is 17.2 Å². The summed E-state index contributed by atoms with van der Waals surface area (Å²) in [5.41, 5.74) is 2.53. The molecule has 0 unspecified atom stereocenters. The first-order chi connectivity index (χ1) is 12.5. The molecule has 0 N–H and O–H groups in total. The Balaban J connectivity index is 0.00000261. The van der Waals surface area contributed by atoms with Crippen molar-refractivity contribution in [3.63, 3.8) is 0 Å². The summed E-state index contributed by atoms with van der Waals surface area (Å²) < 4.78 is 30.8. The number of para-hydroxylation sites is 3. The molecule has 0 aliphatic heterocycles. The quantitative estimate of drug-likeness (QED) is 0.340. The number of hydrogen-bond acceptors (Lipinski definition) is 4. The van der Waals surface area contributed by atoms with Crippen LogP contribution in [0.25, 0.3) is 0 Å². The van der Waals surface area contributed by atoms with Gasteiger partial charge in [-0.05, 0) is 55.7 Å². The molecule has 4 nitrogen and oxygen atoms in total. The summed E-state index contributed by atoms with van der Waals surface area (Å²) in [6.45, 7) is 5.63. The summed E-state index contributed by atoms with van der Waals surface area (Å²) in [5, 5.41) is 0. The zero-order valence-electron chi connectivity index (χ0n) is 15.7. The fourth-order valence-corrected chi connectivity index (χ4v) is 3.84. The molecule has 3 aromatic carbocycles. The second-order valence-electron chi connectivity index (χ2n) is 6.02. The Bertz CT molecular complexity index is 836. The van der Waals surface area contributed by atoms with Gasteiger partial charge in [-0.25, -0.2) is 0 Å². The van der Waals surface area contributed by atoms with Crippen molar-refractivity contribution in [3.8, 4) is 17.2 Å². The number of aryl methyl sites for hydroxylation is 3. The fraction of sp³-hybridized carbons (Fsp3) is 0.143. The van der Waals surface area contributed by atoms with E-state index in [1.165, 1.54) is 0 Å². The van der Waals surface area contributed by atoms with Gasteiger partial charge in [0.2, 0.25) is 0 Å². The van der Waals surface area contributed by atoms with Crippen LogP contribution >= 0.6 is 7.82 Å². The van der Waals surface area contributed by atoms with Crippen molar-refractivity contribution in [3.05, 3.63) is 89.5 Å². The Labute approximate surface area is 172 Å². The molecule has 0 fully saturated rings. The van der Waals surface area contributed by atoms with Gasteiger partial charge >= 0.3 is 7.82 Å². The molecular weight excluding hydrogens is 413 g/mol. The maximum atomic E-state index is 13.5. The predicted octanol–water partition coefficient (Wildman–Crippen LogP) is 6.25. The summed E-state index contributed by atoms with van der Waals surface area (Å²) in [6, 6.07) is 22.0. The number of rotatable bonds is 6. The van der Waals surface area contributed by atoms with E-state index in [1.807, 2.05) is 75.4 Å². The van der Waals surface area contributed by atoms with E-state index in [-0.39, 0.29) is 19.5 Å². The average Bonchev–Trinajstić information content (AvgIpc) is 2.61. The minimum absolute atomic E-state index is 0. The van der Waals surface area contributed by atoms with Crippen LogP contribution in [0.4, 0.5) is 0 Å². The molecule has 0 aliphatic carbocycles. The molecule has 0 atom stereocenters. The summed E-state index contributed by atoms with van der Waals surface area (Å²) >= 11 is 0. The monoisotopic (exact) mass is 432 g/mol. The first-order valence-corrected chi connectivity index (χ1v) is 9.79. The Morgan fingerprint density at radius 3 is 1.07 bits per heavy atom. The van der Waals surface area contributed by atoms with E-state index in [0.717, 1.165) is 16.7 Å². The smallest absolute Gasteiger partial charge is 0.386 e. The summed E-state index contributed by atoms with van der Waals surface area (Å²) in [7, 11) is -3.97. The van der Waals surface area contributed by atoms with Gasteiger partial charge < -0.3 is 13.6 Å². The average molecular weight is 434 g/mol. The van der Waals surface area contributed by atoms with Crippen LogP contribution in [0.15, 0.2) is 72.8 Å². The van der Waals surface area contributed by atoms with E-state index < -0.39 is 7.82 Å². The van der Waals surface area contributed by atoms with Crippen molar-refractivity contribution in [1.29, 1.82) is 0 Å². The predicted molar refractivity (Wildman–Crippen MR) is 103 cm³/mol. The van der Waals surface area contributed by atoms with E-state index in [9.17, 15) is 4.57 Å². The number of phosphoric ester groups is 1. The Morgan fingerprint density at radius 1 is 0.556 bits per heavy atom. The third kappa shape index (κ3) is 5.45. The minimum atomic E-state index is -3.97. The van der Waals surface area contributed by atoms with Gasteiger partial charge in [0.25, 0.3) is 0 Å². The third-order valence-electron chi connectivity index (χ3n) is 3.91. The maximum absolute atomic E-state index is 13.5. The van der Waals surface area contributed by atoms with Crippen LogP contribution < -0.4 is 13.6 Å². The third-order valence-corrected chi connectivity index (χ3v) is 5.17. The molecule has 0 bridgehead atoms. The minimum Gasteiger partial charge on any atom is -0.386 e.